The Hall–Kier alpha value is -1.79. The predicted octanol–water partition coefficient (Wildman–Crippen LogP) is 1.07. The minimum atomic E-state index is -0.124. The van der Waals surface area contributed by atoms with Crippen molar-refractivity contribution in [1.29, 1.82) is 0 Å². The molecular weight excluding hydrogens is 302 g/mol. The number of para-hydroxylation sites is 1. The Bertz CT molecular complexity index is 692. The van der Waals surface area contributed by atoms with Crippen molar-refractivity contribution in [3.05, 3.63) is 35.2 Å². The molecule has 0 saturated carbocycles. The number of quaternary nitrogens is 1. The van der Waals surface area contributed by atoms with Gasteiger partial charge in [-0.25, -0.2) is 0 Å². The fourth-order valence-electron chi connectivity index (χ4n) is 3.73. The van der Waals surface area contributed by atoms with Crippen LogP contribution in [0.1, 0.15) is 44.1 Å². The number of tetrazole rings is 1. The molecule has 1 saturated heterocycles. The van der Waals surface area contributed by atoms with Gasteiger partial charge in [0.05, 0.1) is 18.9 Å². The highest BCUT2D eigenvalue weighted by molar-refractivity contribution is 5.47. The van der Waals surface area contributed by atoms with Gasteiger partial charge in [0.1, 0.15) is 13.1 Å². The predicted molar refractivity (Wildman–Crippen MR) is 92.4 cm³/mol. The molecule has 2 heterocycles. The van der Waals surface area contributed by atoms with Crippen LogP contribution in [0.2, 0.25) is 0 Å². The number of ether oxygens (including phenoxy) is 1. The first-order chi connectivity index (χ1) is 11.6. The molecule has 3 rings (SSSR count). The van der Waals surface area contributed by atoms with Crippen molar-refractivity contribution in [3.8, 4) is 5.69 Å². The Morgan fingerprint density at radius 1 is 1.25 bits per heavy atom. The number of nitrogens with zero attached hydrogens (tertiary/aromatic N) is 4. The molecular formula is C18H28N5O+. The first-order valence-electron chi connectivity index (χ1n) is 8.92. The van der Waals surface area contributed by atoms with Crippen molar-refractivity contribution in [1.82, 2.24) is 20.2 Å². The minimum absolute atomic E-state index is 0.124. The third-order valence-corrected chi connectivity index (χ3v) is 5.46. The van der Waals surface area contributed by atoms with Gasteiger partial charge in [-0.1, -0.05) is 32.0 Å². The van der Waals surface area contributed by atoms with Crippen LogP contribution in [0.3, 0.4) is 0 Å². The summed E-state index contributed by atoms with van der Waals surface area (Å²) >= 11 is 0. The van der Waals surface area contributed by atoms with Crippen molar-refractivity contribution >= 4 is 0 Å². The average molecular weight is 330 g/mol. The summed E-state index contributed by atoms with van der Waals surface area (Å²) in [5.41, 5.74) is 3.49. The van der Waals surface area contributed by atoms with Gasteiger partial charge < -0.3 is 9.64 Å². The second-order valence-corrected chi connectivity index (χ2v) is 6.75. The molecule has 1 aliphatic heterocycles. The van der Waals surface area contributed by atoms with Gasteiger partial charge in [0, 0.05) is 6.42 Å². The van der Waals surface area contributed by atoms with E-state index >= 15 is 0 Å². The molecule has 0 radical (unpaired) electrons. The number of benzene rings is 1. The van der Waals surface area contributed by atoms with Gasteiger partial charge in [-0.15, -0.1) is 5.10 Å². The first-order valence-corrected chi connectivity index (χ1v) is 8.92. The zero-order valence-electron chi connectivity index (χ0n) is 15.2. The van der Waals surface area contributed by atoms with E-state index in [-0.39, 0.29) is 5.54 Å². The van der Waals surface area contributed by atoms with E-state index in [0.717, 1.165) is 50.7 Å². The van der Waals surface area contributed by atoms with E-state index in [1.807, 2.05) is 4.68 Å². The molecule has 1 atom stereocenters. The maximum Gasteiger partial charge on any atom is 0.216 e. The average Bonchev–Trinajstić information content (AvgIpc) is 3.11. The monoisotopic (exact) mass is 330 g/mol. The summed E-state index contributed by atoms with van der Waals surface area (Å²) in [6, 6.07) is 6.40. The molecule has 0 amide bonds. The number of rotatable bonds is 5. The molecule has 1 aromatic carbocycles. The number of hydrogen-bond acceptors (Lipinski definition) is 4. The Morgan fingerprint density at radius 2 is 2.00 bits per heavy atom. The van der Waals surface area contributed by atoms with Crippen molar-refractivity contribution in [2.45, 2.75) is 46.1 Å². The number of aryl methyl sites for hydroxylation is 2. The summed E-state index contributed by atoms with van der Waals surface area (Å²) in [6.45, 7) is 12.4. The lowest BCUT2D eigenvalue weighted by Gasteiger charge is -2.38. The second kappa shape index (κ2) is 6.99. The maximum atomic E-state index is 5.55. The summed E-state index contributed by atoms with van der Waals surface area (Å²) < 4.78 is 7.52. The smallest absolute Gasteiger partial charge is 0.216 e. The Morgan fingerprint density at radius 3 is 2.67 bits per heavy atom. The number of nitrogens with one attached hydrogen (secondary N) is 1. The molecule has 1 aromatic heterocycles. The topological polar surface area (TPSA) is 57.3 Å². The molecule has 1 N–H and O–H groups in total. The summed E-state index contributed by atoms with van der Waals surface area (Å²) in [6.07, 6.45) is 1.94. The summed E-state index contributed by atoms with van der Waals surface area (Å²) in [7, 11) is 0. The van der Waals surface area contributed by atoms with E-state index in [2.05, 4.69) is 61.4 Å². The third kappa shape index (κ3) is 2.84. The quantitative estimate of drug-likeness (QED) is 0.891. The maximum absolute atomic E-state index is 5.55. The van der Waals surface area contributed by atoms with Crippen LogP contribution in [0.4, 0.5) is 0 Å². The number of hydrogen-bond donors (Lipinski definition) is 1. The lowest BCUT2D eigenvalue weighted by atomic mass is 9.94. The van der Waals surface area contributed by atoms with Crippen LogP contribution in [0.15, 0.2) is 18.2 Å². The Labute approximate surface area is 143 Å². The number of aromatic nitrogens is 4. The van der Waals surface area contributed by atoms with Gasteiger partial charge in [-0.3, -0.25) is 0 Å². The van der Waals surface area contributed by atoms with E-state index in [1.54, 1.807) is 0 Å². The van der Waals surface area contributed by atoms with Crippen LogP contribution < -0.4 is 4.90 Å². The molecule has 1 fully saturated rings. The molecule has 24 heavy (non-hydrogen) atoms. The highest BCUT2D eigenvalue weighted by Crippen LogP contribution is 2.25. The van der Waals surface area contributed by atoms with Crippen molar-refractivity contribution in [3.63, 3.8) is 0 Å². The highest BCUT2D eigenvalue weighted by Gasteiger charge is 2.42. The minimum Gasteiger partial charge on any atom is -0.370 e. The SMILES string of the molecule is CCc1cccc(C)c1-n1nnnc1[C@@](C)(CC)[NH+]1CCOCC1. The van der Waals surface area contributed by atoms with E-state index < -0.39 is 0 Å². The first kappa shape index (κ1) is 17.0. The van der Waals surface area contributed by atoms with Gasteiger partial charge >= 0.3 is 0 Å². The molecule has 6 nitrogen and oxygen atoms in total. The van der Waals surface area contributed by atoms with E-state index in [0.29, 0.717) is 0 Å². The Balaban J connectivity index is 2.10. The van der Waals surface area contributed by atoms with Gasteiger partial charge in [0.2, 0.25) is 5.82 Å². The molecule has 0 unspecified atom stereocenters. The van der Waals surface area contributed by atoms with Crippen LogP contribution >= 0.6 is 0 Å². The second-order valence-electron chi connectivity index (χ2n) is 6.75. The molecule has 0 bridgehead atoms. The molecule has 2 aromatic rings. The van der Waals surface area contributed by atoms with Gasteiger partial charge in [-0.2, -0.15) is 4.68 Å². The highest BCUT2D eigenvalue weighted by atomic mass is 16.5. The van der Waals surface area contributed by atoms with Crippen LogP contribution in [-0.2, 0) is 16.7 Å². The number of morpholine rings is 1. The summed E-state index contributed by atoms with van der Waals surface area (Å²) in [5, 5.41) is 12.9. The van der Waals surface area contributed by atoms with Crippen molar-refractivity contribution < 1.29 is 9.64 Å². The van der Waals surface area contributed by atoms with Crippen molar-refractivity contribution in [2.24, 2.45) is 0 Å². The van der Waals surface area contributed by atoms with Crippen LogP contribution in [0.5, 0.6) is 0 Å². The summed E-state index contributed by atoms with van der Waals surface area (Å²) in [4.78, 5) is 1.50. The van der Waals surface area contributed by atoms with Crippen LogP contribution in [0.25, 0.3) is 5.69 Å². The third-order valence-electron chi connectivity index (χ3n) is 5.46. The molecule has 1 aliphatic rings. The largest absolute Gasteiger partial charge is 0.370 e. The van der Waals surface area contributed by atoms with Crippen LogP contribution in [-0.4, -0.2) is 46.5 Å². The molecule has 130 valence electrons. The zero-order valence-corrected chi connectivity index (χ0v) is 15.2. The standard InChI is InChI=1S/C18H27N5O/c1-5-15-9-7-8-14(3)16(15)23-17(19-20-21-23)18(4,6-2)22-10-12-24-13-11-22/h7-9H,5-6,10-13H2,1-4H3/p+1/t18-/m1/s1. The van der Waals surface area contributed by atoms with Gasteiger partial charge in [-0.05, 0) is 41.8 Å². The van der Waals surface area contributed by atoms with Crippen molar-refractivity contribution in [2.75, 3.05) is 26.3 Å². The normalized spacial score (nSPS) is 18.5. The molecule has 0 aliphatic carbocycles. The fourth-order valence-corrected chi connectivity index (χ4v) is 3.73. The van der Waals surface area contributed by atoms with Crippen LogP contribution in [0, 0.1) is 6.92 Å². The fraction of sp³-hybridized carbons (Fsp3) is 0.611. The van der Waals surface area contributed by atoms with E-state index in [9.17, 15) is 0 Å². The van der Waals surface area contributed by atoms with Gasteiger partial charge in [0.25, 0.3) is 0 Å². The summed E-state index contributed by atoms with van der Waals surface area (Å²) in [5.74, 6) is 0.950. The lowest BCUT2D eigenvalue weighted by Crippen LogP contribution is -3.20. The molecule has 6 heteroatoms. The zero-order chi connectivity index (χ0) is 17.2. The molecule has 0 spiro atoms. The van der Waals surface area contributed by atoms with E-state index in [1.165, 1.54) is 16.0 Å². The van der Waals surface area contributed by atoms with Gasteiger partial charge in [0.15, 0.2) is 5.54 Å². The Kier molecular flexibility index (Phi) is 4.96. The lowest BCUT2D eigenvalue weighted by molar-refractivity contribution is -0.967. The van der Waals surface area contributed by atoms with E-state index in [4.69, 9.17) is 4.74 Å².